The van der Waals surface area contributed by atoms with E-state index in [-0.39, 0.29) is 13.2 Å². The van der Waals surface area contributed by atoms with E-state index in [4.69, 9.17) is 18.9 Å². The van der Waals surface area contributed by atoms with Crippen LogP contribution in [0.15, 0.2) is 65.7 Å². The fourth-order valence-corrected chi connectivity index (χ4v) is 5.34. The van der Waals surface area contributed by atoms with Crippen molar-refractivity contribution in [1.29, 1.82) is 0 Å². The van der Waals surface area contributed by atoms with Gasteiger partial charge in [0.25, 0.3) is 0 Å². The summed E-state index contributed by atoms with van der Waals surface area (Å²) < 4.78 is 22.8. The second-order valence-corrected chi connectivity index (χ2v) is 11.0. The van der Waals surface area contributed by atoms with E-state index < -0.39 is 53.4 Å². The van der Waals surface area contributed by atoms with E-state index >= 15 is 0 Å². The first-order chi connectivity index (χ1) is 18.6. The van der Waals surface area contributed by atoms with Crippen molar-refractivity contribution in [2.45, 2.75) is 63.1 Å². The summed E-state index contributed by atoms with van der Waals surface area (Å²) in [6, 6.07) is 15.9. The topological polar surface area (TPSA) is 124 Å². The first kappa shape index (κ1) is 28.6. The highest BCUT2D eigenvalue weighted by molar-refractivity contribution is 8.14. The molecule has 1 saturated heterocycles. The highest BCUT2D eigenvalue weighted by Crippen LogP contribution is 2.39. The van der Waals surface area contributed by atoms with Gasteiger partial charge in [-0.15, -0.1) is 0 Å². The maximum atomic E-state index is 12.9. The zero-order valence-electron chi connectivity index (χ0n) is 22.2. The molecule has 1 amide bonds. The van der Waals surface area contributed by atoms with E-state index in [1.54, 1.807) is 88.4 Å². The van der Waals surface area contributed by atoms with Gasteiger partial charge in [0.15, 0.2) is 11.3 Å². The van der Waals surface area contributed by atoms with Gasteiger partial charge < -0.3 is 24.1 Å². The quantitative estimate of drug-likeness (QED) is 0.417. The first-order valence-corrected chi connectivity index (χ1v) is 13.5. The van der Waals surface area contributed by atoms with Crippen LogP contribution in [-0.2, 0) is 18.9 Å². The van der Waals surface area contributed by atoms with E-state index in [0.29, 0.717) is 16.3 Å². The number of ether oxygens (including phenoxy) is 4. The number of thioether (sulfide) groups is 1. The third kappa shape index (κ3) is 6.97. The lowest BCUT2D eigenvalue weighted by molar-refractivity contribution is -0.167. The minimum absolute atomic E-state index is 0.278. The molecule has 1 fully saturated rings. The Morgan fingerprint density at radius 1 is 1.00 bits per heavy atom. The minimum atomic E-state index is -1.29. The maximum Gasteiger partial charge on any atom is 0.416 e. The molecule has 11 heteroatoms. The van der Waals surface area contributed by atoms with Gasteiger partial charge >= 0.3 is 18.0 Å². The largest absolute Gasteiger partial charge is 0.459 e. The lowest BCUT2D eigenvalue weighted by Crippen LogP contribution is -2.57. The van der Waals surface area contributed by atoms with Crippen LogP contribution in [0.3, 0.4) is 0 Å². The van der Waals surface area contributed by atoms with Crippen LogP contribution in [0.4, 0.5) is 4.79 Å². The SMILES string of the molecule is CCN(C(=O)OC(C)(C)C)C1=N[C@@H]2[C@@H](O)[C@H](OC(=O)c3ccccc3)[C@@H](COC(=O)c3ccccc3)O[C@@H]2S1. The molecule has 2 aliphatic heterocycles. The maximum absolute atomic E-state index is 12.9. The van der Waals surface area contributed by atoms with Gasteiger partial charge in [-0.05, 0) is 52.0 Å². The molecule has 2 aromatic carbocycles. The number of carbonyl (C=O) groups excluding carboxylic acids is 3. The number of esters is 2. The van der Waals surface area contributed by atoms with Crippen molar-refractivity contribution in [1.82, 2.24) is 4.90 Å². The molecule has 1 N–H and O–H groups in total. The van der Waals surface area contributed by atoms with Crippen LogP contribution < -0.4 is 0 Å². The molecular weight excluding hydrogens is 524 g/mol. The predicted molar refractivity (Wildman–Crippen MR) is 144 cm³/mol. The summed E-state index contributed by atoms with van der Waals surface area (Å²) in [7, 11) is 0. The van der Waals surface area contributed by atoms with E-state index in [9.17, 15) is 19.5 Å². The Morgan fingerprint density at radius 2 is 1.59 bits per heavy atom. The highest BCUT2D eigenvalue weighted by atomic mass is 32.2. The minimum Gasteiger partial charge on any atom is -0.459 e. The number of amides is 1. The average Bonchev–Trinajstić information content (AvgIpc) is 3.33. The molecule has 39 heavy (non-hydrogen) atoms. The lowest BCUT2D eigenvalue weighted by Gasteiger charge is -2.39. The Hall–Kier alpha value is -3.41. The number of hydrogen-bond donors (Lipinski definition) is 1. The zero-order valence-corrected chi connectivity index (χ0v) is 23.0. The molecule has 208 valence electrons. The molecule has 0 unspecified atom stereocenters. The van der Waals surface area contributed by atoms with Crippen LogP contribution in [0.5, 0.6) is 0 Å². The highest BCUT2D eigenvalue weighted by Gasteiger charge is 2.52. The number of amidine groups is 1. The predicted octanol–water partition coefficient (Wildman–Crippen LogP) is 3.88. The summed E-state index contributed by atoms with van der Waals surface area (Å²) in [4.78, 5) is 44.2. The smallest absolute Gasteiger partial charge is 0.416 e. The summed E-state index contributed by atoms with van der Waals surface area (Å²) in [5.41, 5.74) is -0.777. The molecule has 0 spiro atoms. The first-order valence-electron chi connectivity index (χ1n) is 12.6. The number of carbonyl (C=O) groups is 3. The van der Waals surface area contributed by atoms with Gasteiger partial charge in [0.05, 0.1) is 11.1 Å². The van der Waals surface area contributed by atoms with Crippen LogP contribution in [0.25, 0.3) is 0 Å². The Labute approximate surface area is 231 Å². The summed E-state index contributed by atoms with van der Waals surface area (Å²) in [5.74, 6) is -1.25. The van der Waals surface area contributed by atoms with Crippen molar-refractivity contribution in [3.63, 3.8) is 0 Å². The summed E-state index contributed by atoms with van der Waals surface area (Å²) in [5, 5.41) is 11.6. The van der Waals surface area contributed by atoms with Gasteiger partial charge in [-0.3, -0.25) is 9.89 Å². The van der Waals surface area contributed by atoms with Gasteiger partial charge in [-0.2, -0.15) is 0 Å². The number of rotatable bonds is 6. The van der Waals surface area contributed by atoms with Gasteiger partial charge in [-0.1, -0.05) is 48.2 Å². The standard InChI is InChI=1S/C28H32N2O8S/c1-5-30(27(34)38-28(2,3)4)26-29-20-21(31)22(37-24(33)18-14-10-7-11-15-18)19(36-25(20)39-26)16-35-23(32)17-12-8-6-9-13-17/h6-15,19-22,25,31H,5,16H2,1-4H3/t19-,20-,21-,22-,25-/m1/s1. The molecular formula is C28H32N2O8S. The molecule has 0 radical (unpaired) electrons. The lowest BCUT2D eigenvalue weighted by atomic mass is 9.98. The molecule has 0 bridgehead atoms. The van der Waals surface area contributed by atoms with E-state index in [1.165, 1.54) is 4.90 Å². The van der Waals surface area contributed by atoms with Crippen molar-refractivity contribution < 1.29 is 38.4 Å². The molecule has 10 nitrogen and oxygen atoms in total. The van der Waals surface area contributed by atoms with Crippen LogP contribution in [0.2, 0.25) is 0 Å². The van der Waals surface area contributed by atoms with Gasteiger partial charge in [-0.25, -0.2) is 14.4 Å². The van der Waals surface area contributed by atoms with Crippen molar-refractivity contribution in [2.75, 3.05) is 13.2 Å². The molecule has 0 aromatic heterocycles. The summed E-state index contributed by atoms with van der Waals surface area (Å²) >= 11 is 1.15. The summed E-state index contributed by atoms with van der Waals surface area (Å²) in [6.07, 6.45) is -4.05. The van der Waals surface area contributed by atoms with Gasteiger partial charge in [0, 0.05) is 6.54 Å². The number of fused-ring (bicyclic) bond motifs is 1. The number of aliphatic imine (C=N–C) groups is 1. The Balaban J connectivity index is 1.54. The molecule has 2 aromatic rings. The van der Waals surface area contributed by atoms with Crippen molar-refractivity contribution >= 4 is 35.0 Å². The van der Waals surface area contributed by atoms with Crippen LogP contribution in [-0.4, -0.2) is 81.7 Å². The normalized spacial score (nSPS) is 24.2. The van der Waals surface area contributed by atoms with Gasteiger partial charge in [0.2, 0.25) is 0 Å². The van der Waals surface area contributed by atoms with E-state index in [2.05, 4.69) is 4.99 Å². The number of aliphatic hydroxyl groups excluding tert-OH is 1. The average molecular weight is 557 g/mol. The van der Waals surface area contributed by atoms with Crippen LogP contribution in [0.1, 0.15) is 48.4 Å². The van der Waals surface area contributed by atoms with Crippen molar-refractivity contribution in [3.05, 3.63) is 71.8 Å². The van der Waals surface area contributed by atoms with Gasteiger partial charge in [0.1, 0.15) is 35.9 Å². The second-order valence-electron chi connectivity index (χ2n) is 9.98. The fourth-order valence-electron chi connectivity index (χ4n) is 4.06. The molecule has 2 aliphatic rings. The molecule has 5 atom stereocenters. The third-order valence-corrected chi connectivity index (χ3v) is 7.08. The summed E-state index contributed by atoms with van der Waals surface area (Å²) in [6.45, 7) is 7.08. The van der Waals surface area contributed by atoms with Crippen LogP contribution >= 0.6 is 11.8 Å². The number of hydrogen-bond acceptors (Lipinski definition) is 10. The molecule has 0 aliphatic carbocycles. The van der Waals surface area contributed by atoms with Crippen LogP contribution in [0, 0.1) is 0 Å². The molecule has 2 heterocycles. The van der Waals surface area contributed by atoms with E-state index in [0.717, 1.165) is 11.8 Å². The monoisotopic (exact) mass is 556 g/mol. The Morgan fingerprint density at radius 3 is 2.15 bits per heavy atom. The molecule has 0 saturated carbocycles. The number of benzene rings is 2. The second kappa shape index (κ2) is 12.2. The van der Waals surface area contributed by atoms with Crippen molar-refractivity contribution in [2.24, 2.45) is 4.99 Å². The number of nitrogens with zero attached hydrogens (tertiary/aromatic N) is 2. The Kier molecular flexibility index (Phi) is 8.94. The fraction of sp³-hybridized carbons (Fsp3) is 0.429. The third-order valence-electron chi connectivity index (χ3n) is 5.92. The van der Waals surface area contributed by atoms with E-state index in [1.807, 2.05) is 0 Å². The molecule has 4 rings (SSSR count). The number of aliphatic hydroxyl groups is 1. The zero-order chi connectivity index (χ0) is 28.2. The van der Waals surface area contributed by atoms with Crippen molar-refractivity contribution in [3.8, 4) is 0 Å². The Bertz CT molecular complexity index is 1200.